The second kappa shape index (κ2) is 6.67. The van der Waals surface area contributed by atoms with Crippen LogP contribution >= 0.6 is 11.6 Å². The highest BCUT2D eigenvalue weighted by atomic mass is 35.5. The van der Waals surface area contributed by atoms with Gasteiger partial charge in [-0.15, -0.1) is 0 Å². The van der Waals surface area contributed by atoms with Crippen LogP contribution in [0, 0.1) is 5.41 Å². The van der Waals surface area contributed by atoms with Crippen LogP contribution in [-0.4, -0.2) is 32.6 Å². The number of hydrogen-bond acceptors (Lipinski definition) is 3. The molecule has 1 amide bonds. The van der Waals surface area contributed by atoms with E-state index in [9.17, 15) is 4.79 Å². The lowest BCUT2D eigenvalue weighted by Crippen LogP contribution is -2.39. The van der Waals surface area contributed by atoms with E-state index in [2.05, 4.69) is 28.5 Å². The number of hydrogen-bond donors (Lipinski definition) is 2. The van der Waals surface area contributed by atoms with Crippen molar-refractivity contribution >= 4 is 23.2 Å². The van der Waals surface area contributed by atoms with Crippen molar-refractivity contribution in [3.8, 4) is 0 Å². The molecule has 0 aliphatic carbocycles. The Kier molecular flexibility index (Phi) is 5.12. The molecule has 1 atom stereocenters. The zero-order valence-electron chi connectivity index (χ0n) is 13.0. The molecule has 5 heteroatoms. The van der Waals surface area contributed by atoms with Gasteiger partial charge < -0.3 is 15.5 Å². The van der Waals surface area contributed by atoms with Crippen molar-refractivity contribution in [2.75, 3.05) is 31.6 Å². The van der Waals surface area contributed by atoms with Crippen molar-refractivity contribution < 1.29 is 4.79 Å². The molecule has 1 saturated heterocycles. The number of halogens is 1. The van der Waals surface area contributed by atoms with Gasteiger partial charge in [0.1, 0.15) is 0 Å². The molecule has 0 bridgehead atoms. The van der Waals surface area contributed by atoms with E-state index in [-0.39, 0.29) is 11.3 Å². The largest absolute Gasteiger partial charge is 0.370 e. The van der Waals surface area contributed by atoms with Gasteiger partial charge in [0.15, 0.2) is 0 Å². The van der Waals surface area contributed by atoms with Crippen LogP contribution in [0.15, 0.2) is 18.2 Å². The summed E-state index contributed by atoms with van der Waals surface area (Å²) in [6, 6.07) is 5.99. The third-order valence-electron chi connectivity index (χ3n) is 4.20. The predicted molar refractivity (Wildman–Crippen MR) is 87.8 cm³/mol. The molecular formula is C16H24ClN3O. The first kappa shape index (κ1) is 16.1. The Bertz CT molecular complexity index is 520. The van der Waals surface area contributed by atoms with Crippen LogP contribution in [0.1, 0.15) is 25.8 Å². The minimum atomic E-state index is -0.327. The van der Waals surface area contributed by atoms with Crippen LogP contribution in [0.4, 0.5) is 5.69 Å². The zero-order chi connectivity index (χ0) is 15.5. The number of nitrogens with one attached hydrogen (secondary N) is 2. The first-order chi connectivity index (χ1) is 10.00. The van der Waals surface area contributed by atoms with Gasteiger partial charge in [0.05, 0.1) is 5.41 Å². The van der Waals surface area contributed by atoms with Crippen molar-refractivity contribution in [1.82, 2.24) is 10.6 Å². The fraction of sp³-hybridized carbons (Fsp3) is 0.562. The average Bonchev–Trinajstić information content (AvgIpc) is 2.88. The normalized spacial score (nSPS) is 21.6. The standard InChI is InChI=1S/C16H24ClN3O/c1-4-19-10-12-5-6-13(17)9-14(12)20-8-7-16(2,11-20)15(21)18-3/h5-6,9,19H,4,7-8,10-11H2,1-3H3,(H,18,21). The molecule has 0 saturated carbocycles. The third-order valence-corrected chi connectivity index (χ3v) is 4.44. The van der Waals surface area contributed by atoms with Gasteiger partial charge in [-0.2, -0.15) is 0 Å². The Balaban J connectivity index is 2.22. The molecule has 4 nitrogen and oxygen atoms in total. The highest BCUT2D eigenvalue weighted by molar-refractivity contribution is 6.30. The SMILES string of the molecule is CCNCc1ccc(Cl)cc1N1CCC(C)(C(=O)NC)C1. The van der Waals surface area contributed by atoms with Crippen LogP contribution in [-0.2, 0) is 11.3 Å². The van der Waals surface area contributed by atoms with E-state index in [0.29, 0.717) is 0 Å². The summed E-state index contributed by atoms with van der Waals surface area (Å²) in [7, 11) is 1.70. The number of anilines is 1. The molecule has 116 valence electrons. The molecule has 0 spiro atoms. The molecule has 2 N–H and O–H groups in total. The minimum Gasteiger partial charge on any atom is -0.370 e. The highest BCUT2D eigenvalue weighted by Gasteiger charge is 2.40. The molecular weight excluding hydrogens is 286 g/mol. The van der Waals surface area contributed by atoms with Crippen molar-refractivity contribution in [1.29, 1.82) is 0 Å². The van der Waals surface area contributed by atoms with Crippen molar-refractivity contribution in [3.63, 3.8) is 0 Å². The summed E-state index contributed by atoms with van der Waals surface area (Å²) in [4.78, 5) is 14.3. The fourth-order valence-electron chi connectivity index (χ4n) is 2.89. The lowest BCUT2D eigenvalue weighted by molar-refractivity contribution is -0.128. The third kappa shape index (κ3) is 3.50. The lowest BCUT2D eigenvalue weighted by atomic mass is 9.89. The van der Waals surface area contributed by atoms with E-state index >= 15 is 0 Å². The summed E-state index contributed by atoms with van der Waals surface area (Å²) in [5.41, 5.74) is 2.03. The molecule has 0 aromatic heterocycles. The molecule has 1 fully saturated rings. The number of carbonyl (C=O) groups is 1. The van der Waals surface area contributed by atoms with E-state index in [1.54, 1.807) is 7.05 Å². The molecule has 1 heterocycles. The Labute approximate surface area is 131 Å². The highest BCUT2D eigenvalue weighted by Crippen LogP contribution is 2.36. The van der Waals surface area contributed by atoms with Gasteiger partial charge in [-0.25, -0.2) is 0 Å². The smallest absolute Gasteiger partial charge is 0.227 e. The maximum Gasteiger partial charge on any atom is 0.227 e. The first-order valence-electron chi connectivity index (χ1n) is 7.46. The summed E-state index contributed by atoms with van der Waals surface area (Å²) in [5.74, 6) is 0.111. The second-order valence-electron chi connectivity index (χ2n) is 5.86. The zero-order valence-corrected chi connectivity index (χ0v) is 13.8. The fourth-order valence-corrected chi connectivity index (χ4v) is 3.06. The number of nitrogens with zero attached hydrogens (tertiary/aromatic N) is 1. The van der Waals surface area contributed by atoms with E-state index in [4.69, 9.17) is 11.6 Å². The van der Waals surface area contributed by atoms with Gasteiger partial charge in [-0.05, 0) is 37.6 Å². The maximum atomic E-state index is 12.1. The summed E-state index contributed by atoms with van der Waals surface area (Å²) in [6.45, 7) is 7.47. The molecule has 1 aromatic rings. The summed E-state index contributed by atoms with van der Waals surface area (Å²) in [6.07, 6.45) is 0.861. The van der Waals surface area contributed by atoms with Crippen LogP contribution in [0.25, 0.3) is 0 Å². The minimum absolute atomic E-state index is 0.111. The quantitative estimate of drug-likeness (QED) is 0.878. The van der Waals surface area contributed by atoms with Gasteiger partial charge >= 0.3 is 0 Å². The average molecular weight is 310 g/mol. The van der Waals surface area contributed by atoms with E-state index in [1.807, 2.05) is 19.1 Å². The summed E-state index contributed by atoms with van der Waals surface area (Å²) in [5, 5.41) is 6.86. The number of benzene rings is 1. The molecule has 1 aromatic carbocycles. The number of rotatable bonds is 5. The monoisotopic (exact) mass is 309 g/mol. The Morgan fingerprint density at radius 1 is 1.48 bits per heavy atom. The number of amides is 1. The van der Waals surface area contributed by atoms with Gasteiger partial charge in [0.2, 0.25) is 5.91 Å². The lowest BCUT2D eigenvalue weighted by Gasteiger charge is -2.26. The van der Waals surface area contributed by atoms with E-state index in [0.717, 1.165) is 43.3 Å². The molecule has 1 aliphatic rings. The molecule has 21 heavy (non-hydrogen) atoms. The Morgan fingerprint density at radius 2 is 2.24 bits per heavy atom. The van der Waals surface area contributed by atoms with E-state index < -0.39 is 0 Å². The molecule has 2 rings (SSSR count). The first-order valence-corrected chi connectivity index (χ1v) is 7.84. The van der Waals surface area contributed by atoms with Gasteiger partial charge in [-0.3, -0.25) is 4.79 Å². The maximum absolute atomic E-state index is 12.1. The Hall–Kier alpha value is -1.26. The second-order valence-corrected chi connectivity index (χ2v) is 6.30. The van der Waals surface area contributed by atoms with Crippen molar-refractivity contribution in [2.45, 2.75) is 26.8 Å². The molecule has 0 radical (unpaired) electrons. The van der Waals surface area contributed by atoms with Crippen LogP contribution < -0.4 is 15.5 Å². The van der Waals surface area contributed by atoms with Gasteiger partial charge in [-0.1, -0.05) is 24.6 Å². The predicted octanol–water partition coefficient (Wildman–Crippen LogP) is 2.41. The van der Waals surface area contributed by atoms with Crippen LogP contribution in [0.2, 0.25) is 5.02 Å². The van der Waals surface area contributed by atoms with Crippen molar-refractivity contribution in [3.05, 3.63) is 28.8 Å². The van der Waals surface area contributed by atoms with Crippen LogP contribution in [0.3, 0.4) is 0 Å². The Morgan fingerprint density at radius 3 is 2.90 bits per heavy atom. The van der Waals surface area contributed by atoms with E-state index in [1.165, 1.54) is 5.56 Å². The molecule has 1 unspecified atom stereocenters. The summed E-state index contributed by atoms with van der Waals surface area (Å²) >= 11 is 6.16. The van der Waals surface area contributed by atoms with Crippen molar-refractivity contribution in [2.24, 2.45) is 5.41 Å². The van der Waals surface area contributed by atoms with Gasteiger partial charge in [0.25, 0.3) is 0 Å². The summed E-state index contributed by atoms with van der Waals surface area (Å²) < 4.78 is 0. The van der Waals surface area contributed by atoms with Crippen LogP contribution in [0.5, 0.6) is 0 Å². The molecule has 1 aliphatic heterocycles. The van der Waals surface area contributed by atoms with Gasteiger partial charge in [0, 0.05) is 37.4 Å². The number of carbonyl (C=O) groups excluding carboxylic acids is 1. The topological polar surface area (TPSA) is 44.4 Å².